The number of rotatable bonds is 10. The summed E-state index contributed by atoms with van der Waals surface area (Å²) in [5, 5.41) is 5.68. The van der Waals surface area contributed by atoms with Crippen molar-refractivity contribution >= 4 is 49.1 Å². The number of hydrogen-bond donors (Lipinski definition) is 2. The zero-order chi connectivity index (χ0) is 29.6. The van der Waals surface area contributed by atoms with Crippen molar-refractivity contribution < 1.29 is 22.7 Å². The van der Waals surface area contributed by atoms with Crippen LogP contribution in [-0.4, -0.2) is 33.9 Å². The van der Waals surface area contributed by atoms with Crippen LogP contribution < -0.4 is 19.7 Å². The standard InChI is InChI=1S/C31H30BrN3O5S/c1-21-13-15-24(16-14-21)35(41(38,39)25-17-18-29(40-3)27(32)19-25)20-30(36)34-28-12-8-7-11-26(28)31(37)33-22(2)23-9-5-4-6-10-23/h4-19,22H,20H2,1-3H3,(H,33,37)(H,34,36)/t22-/m0/s1. The van der Waals surface area contributed by atoms with Crippen LogP contribution in [0.5, 0.6) is 5.75 Å². The molecule has 0 aromatic heterocycles. The van der Waals surface area contributed by atoms with Crippen molar-refractivity contribution in [3.63, 3.8) is 0 Å². The zero-order valence-electron chi connectivity index (χ0n) is 22.8. The van der Waals surface area contributed by atoms with Crippen molar-refractivity contribution in [2.24, 2.45) is 0 Å². The first-order valence-electron chi connectivity index (χ1n) is 12.8. The first-order valence-corrected chi connectivity index (χ1v) is 15.0. The van der Waals surface area contributed by atoms with E-state index < -0.39 is 22.5 Å². The molecule has 2 amide bonds. The van der Waals surface area contributed by atoms with Crippen molar-refractivity contribution in [1.82, 2.24) is 5.32 Å². The number of methoxy groups -OCH3 is 1. The van der Waals surface area contributed by atoms with E-state index in [1.54, 1.807) is 48.5 Å². The third-order valence-electron chi connectivity index (χ3n) is 6.41. The maximum atomic E-state index is 13.8. The van der Waals surface area contributed by atoms with Gasteiger partial charge < -0.3 is 15.4 Å². The van der Waals surface area contributed by atoms with Crippen molar-refractivity contribution in [2.45, 2.75) is 24.8 Å². The van der Waals surface area contributed by atoms with Crippen LogP contribution in [0.4, 0.5) is 11.4 Å². The Bertz CT molecular complexity index is 1640. The molecule has 0 unspecified atom stereocenters. The number of carbonyl (C=O) groups is 2. The van der Waals surface area contributed by atoms with Crippen LogP contribution in [0.1, 0.15) is 34.5 Å². The van der Waals surface area contributed by atoms with Gasteiger partial charge in [-0.05, 0) is 77.8 Å². The van der Waals surface area contributed by atoms with E-state index in [0.29, 0.717) is 15.9 Å². The van der Waals surface area contributed by atoms with Gasteiger partial charge in [0.15, 0.2) is 0 Å². The maximum absolute atomic E-state index is 13.8. The van der Waals surface area contributed by atoms with Crippen LogP contribution >= 0.6 is 15.9 Å². The summed E-state index contributed by atoms with van der Waals surface area (Å²) in [6.45, 7) is 3.23. The molecule has 0 aliphatic heterocycles. The molecular formula is C31H30BrN3O5S. The lowest BCUT2D eigenvalue weighted by molar-refractivity contribution is -0.114. The summed E-state index contributed by atoms with van der Waals surface area (Å²) in [7, 11) is -2.68. The minimum atomic E-state index is -4.17. The highest BCUT2D eigenvalue weighted by Crippen LogP contribution is 2.31. The van der Waals surface area contributed by atoms with Gasteiger partial charge in [-0.1, -0.05) is 60.2 Å². The van der Waals surface area contributed by atoms with Crippen LogP contribution in [-0.2, 0) is 14.8 Å². The van der Waals surface area contributed by atoms with E-state index in [4.69, 9.17) is 4.74 Å². The molecule has 10 heteroatoms. The lowest BCUT2D eigenvalue weighted by Crippen LogP contribution is -2.38. The molecule has 0 aliphatic carbocycles. The zero-order valence-corrected chi connectivity index (χ0v) is 25.2. The summed E-state index contributed by atoms with van der Waals surface area (Å²) in [5.74, 6) is -0.513. The Labute approximate surface area is 248 Å². The molecule has 0 aliphatic rings. The largest absolute Gasteiger partial charge is 0.496 e. The van der Waals surface area contributed by atoms with Gasteiger partial charge in [-0.3, -0.25) is 13.9 Å². The summed E-state index contributed by atoms with van der Waals surface area (Å²) in [4.78, 5) is 26.5. The predicted octanol–water partition coefficient (Wildman–Crippen LogP) is 6.09. The molecule has 8 nitrogen and oxygen atoms in total. The van der Waals surface area contributed by atoms with E-state index >= 15 is 0 Å². The number of halogens is 1. The predicted molar refractivity (Wildman–Crippen MR) is 164 cm³/mol. The number of amides is 2. The van der Waals surface area contributed by atoms with Crippen LogP contribution in [0.15, 0.2) is 106 Å². The molecule has 0 bridgehead atoms. The molecule has 2 N–H and O–H groups in total. The number of ether oxygens (including phenoxy) is 1. The number of sulfonamides is 1. The van der Waals surface area contributed by atoms with Crippen LogP contribution in [0.25, 0.3) is 0 Å². The lowest BCUT2D eigenvalue weighted by Gasteiger charge is -2.25. The van der Waals surface area contributed by atoms with E-state index in [2.05, 4.69) is 26.6 Å². The summed E-state index contributed by atoms with van der Waals surface area (Å²) in [6, 6.07) is 27.1. The Morgan fingerprint density at radius 3 is 2.24 bits per heavy atom. The lowest BCUT2D eigenvalue weighted by atomic mass is 10.1. The number of hydrogen-bond acceptors (Lipinski definition) is 5. The summed E-state index contributed by atoms with van der Waals surface area (Å²) >= 11 is 3.34. The van der Waals surface area contributed by atoms with Gasteiger partial charge in [-0.25, -0.2) is 8.42 Å². The number of carbonyl (C=O) groups excluding carboxylic acids is 2. The average Bonchev–Trinajstić information content (AvgIpc) is 2.97. The van der Waals surface area contributed by atoms with Crippen LogP contribution in [0, 0.1) is 6.92 Å². The Morgan fingerprint density at radius 1 is 0.927 bits per heavy atom. The van der Waals surface area contributed by atoms with Gasteiger partial charge in [0, 0.05) is 0 Å². The van der Waals surface area contributed by atoms with Gasteiger partial charge in [0.2, 0.25) is 5.91 Å². The van der Waals surface area contributed by atoms with E-state index in [-0.39, 0.29) is 28.1 Å². The summed E-state index contributed by atoms with van der Waals surface area (Å²) in [6.07, 6.45) is 0. The van der Waals surface area contributed by atoms with Gasteiger partial charge in [-0.2, -0.15) is 0 Å². The summed E-state index contributed by atoms with van der Waals surface area (Å²) < 4.78 is 34.3. The van der Waals surface area contributed by atoms with Gasteiger partial charge >= 0.3 is 0 Å². The third-order valence-corrected chi connectivity index (χ3v) is 8.80. The average molecular weight is 637 g/mol. The second-order valence-electron chi connectivity index (χ2n) is 9.34. The van der Waals surface area contributed by atoms with Crippen LogP contribution in [0.3, 0.4) is 0 Å². The van der Waals surface area contributed by atoms with Gasteiger partial charge in [0.05, 0.1) is 39.5 Å². The Hall–Kier alpha value is -4.15. The third kappa shape index (κ3) is 7.14. The highest BCUT2D eigenvalue weighted by atomic mass is 79.9. The Kier molecular flexibility index (Phi) is 9.46. The number of para-hydroxylation sites is 1. The topological polar surface area (TPSA) is 105 Å². The SMILES string of the molecule is COc1ccc(S(=O)(=O)N(CC(=O)Nc2ccccc2C(=O)N[C@@H](C)c2ccccc2)c2ccc(C)cc2)cc1Br. The van der Waals surface area contributed by atoms with Gasteiger partial charge in [0.1, 0.15) is 12.3 Å². The fraction of sp³-hybridized carbons (Fsp3) is 0.161. The van der Waals surface area contributed by atoms with E-state index in [0.717, 1.165) is 15.4 Å². The molecule has 41 heavy (non-hydrogen) atoms. The first kappa shape index (κ1) is 29.8. The Balaban J connectivity index is 1.60. The minimum absolute atomic E-state index is 0.0202. The van der Waals surface area contributed by atoms with E-state index in [9.17, 15) is 18.0 Å². The van der Waals surface area contributed by atoms with Crippen molar-refractivity contribution in [3.05, 3.63) is 118 Å². The second-order valence-corrected chi connectivity index (χ2v) is 12.1. The molecule has 4 aromatic carbocycles. The van der Waals surface area contributed by atoms with Gasteiger partial charge in [0.25, 0.3) is 15.9 Å². The van der Waals surface area contributed by atoms with Crippen molar-refractivity contribution in [1.29, 1.82) is 0 Å². The fourth-order valence-electron chi connectivity index (χ4n) is 4.17. The molecule has 0 saturated carbocycles. The number of aryl methyl sites for hydroxylation is 1. The minimum Gasteiger partial charge on any atom is -0.496 e. The smallest absolute Gasteiger partial charge is 0.264 e. The molecule has 0 radical (unpaired) electrons. The molecule has 0 saturated heterocycles. The molecular weight excluding hydrogens is 606 g/mol. The highest BCUT2D eigenvalue weighted by Gasteiger charge is 2.28. The maximum Gasteiger partial charge on any atom is 0.264 e. The molecule has 0 fully saturated rings. The van der Waals surface area contributed by atoms with E-state index in [1.807, 2.05) is 44.2 Å². The van der Waals surface area contributed by atoms with E-state index in [1.165, 1.54) is 25.3 Å². The fourth-order valence-corrected chi connectivity index (χ4v) is 6.31. The molecule has 4 aromatic rings. The monoisotopic (exact) mass is 635 g/mol. The number of nitrogens with zero attached hydrogens (tertiary/aromatic N) is 1. The molecule has 4 rings (SSSR count). The number of benzene rings is 4. The first-order chi connectivity index (χ1) is 19.6. The number of nitrogens with one attached hydrogen (secondary N) is 2. The molecule has 1 atom stereocenters. The summed E-state index contributed by atoms with van der Waals surface area (Å²) in [5.41, 5.74) is 2.72. The number of anilines is 2. The Morgan fingerprint density at radius 2 is 1.59 bits per heavy atom. The quantitative estimate of drug-likeness (QED) is 0.219. The molecule has 212 valence electrons. The van der Waals surface area contributed by atoms with Crippen LogP contribution in [0.2, 0.25) is 0 Å². The normalized spacial score (nSPS) is 11.8. The molecule has 0 heterocycles. The van der Waals surface area contributed by atoms with Gasteiger partial charge in [-0.15, -0.1) is 0 Å². The highest BCUT2D eigenvalue weighted by molar-refractivity contribution is 9.10. The van der Waals surface area contributed by atoms with Crippen molar-refractivity contribution in [2.75, 3.05) is 23.3 Å². The second kappa shape index (κ2) is 13.0. The molecule has 0 spiro atoms. The van der Waals surface area contributed by atoms with Crippen molar-refractivity contribution in [3.8, 4) is 5.75 Å².